The van der Waals surface area contributed by atoms with Crippen molar-refractivity contribution in [2.24, 2.45) is 5.92 Å². The molecule has 5 heteroatoms. The molecule has 26 heavy (non-hydrogen) atoms. The van der Waals surface area contributed by atoms with Gasteiger partial charge in [-0.1, -0.05) is 12.1 Å². The van der Waals surface area contributed by atoms with Crippen molar-refractivity contribution in [1.82, 2.24) is 0 Å². The number of hydrogen-bond donors (Lipinski definition) is 0. The summed E-state index contributed by atoms with van der Waals surface area (Å²) in [5.74, 6) is -1.31. The van der Waals surface area contributed by atoms with Crippen molar-refractivity contribution >= 4 is 0 Å². The number of hydrogen-bond acceptors (Lipinski definition) is 2. The Hall–Kier alpha value is -2.17. The fraction of sp³-hybridized carbons (Fsp3) is 0.429. The molecule has 0 atom stereocenters. The van der Waals surface area contributed by atoms with E-state index >= 15 is 0 Å². The molecule has 2 aromatic carbocycles. The van der Waals surface area contributed by atoms with Crippen molar-refractivity contribution in [3.05, 3.63) is 59.4 Å². The van der Waals surface area contributed by atoms with Crippen LogP contribution in [0.1, 0.15) is 44.1 Å². The van der Waals surface area contributed by atoms with Crippen LogP contribution in [0.25, 0.3) is 0 Å². The number of rotatable bonds is 6. The zero-order chi connectivity index (χ0) is 18.5. The molecule has 2 nitrogen and oxygen atoms in total. The normalized spacial score (nSPS) is 20.0. The van der Waals surface area contributed by atoms with Crippen LogP contribution >= 0.6 is 0 Å². The Morgan fingerprint density at radius 2 is 1.65 bits per heavy atom. The van der Waals surface area contributed by atoms with Crippen LogP contribution in [0.4, 0.5) is 13.2 Å². The van der Waals surface area contributed by atoms with Crippen LogP contribution in [0, 0.1) is 23.4 Å². The summed E-state index contributed by atoms with van der Waals surface area (Å²) < 4.78 is 51.6. The largest absolute Gasteiger partial charge is 0.491 e. The van der Waals surface area contributed by atoms with Crippen LogP contribution < -0.4 is 9.47 Å². The first-order chi connectivity index (χ1) is 12.6. The molecule has 1 saturated carbocycles. The molecule has 1 aliphatic rings. The minimum Gasteiger partial charge on any atom is -0.491 e. The first-order valence-electron chi connectivity index (χ1n) is 9.07. The van der Waals surface area contributed by atoms with Gasteiger partial charge in [-0.25, -0.2) is 8.78 Å². The lowest BCUT2D eigenvalue weighted by Gasteiger charge is -2.29. The molecule has 0 bridgehead atoms. The smallest absolute Gasteiger partial charge is 0.200 e. The van der Waals surface area contributed by atoms with Crippen LogP contribution in [-0.2, 0) is 0 Å². The summed E-state index contributed by atoms with van der Waals surface area (Å²) in [5, 5.41) is 0. The van der Waals surface area contributed by atoms with Crippen molar-refractivity contribution in [3.8, 4) is 11.5 Å². The van der Waals surface area contributed by atoms with Gasteiger partial charge in [0.05, 0.1) is 13.2 Å². The van der Waals surface area contributed by atoms with Gasteiger partial charge < -0.3 is 9.47 Å². The molecule has 0 amide bonds. The highest BCUT2D eigenvalue weighted by molar-refractivity contribution is 5.31. The van der Waals surface area contributed by atoms with E-state index in [1.807, 2.05) is 13.0 Å². The molecule has 0 heterocycles. The maximum absolute atomic E-state index is 14.0. The van der Waals surface area contributed by atoms with Gasteiger partial charge in [0.15, 0.2) is 23.1 Å². The summed E-state index contributed by atoms with van der Waals surface area (Å²) >= 11 is 0. The predicted octanol–water partition coefficient (Wildman–Crippen LogP) is 5.86. The number of halogens is 3. The first-order valence-corrected chi connectivity index (χ1v) is 9.07. The van der Waals surface area contributed by atoms with E-state index < -0.39 is 11.6 Å². The average molecular weight is 364 g/mol. The van der Waals surface area contributed by atoms with Gasteiger partial charge in [-0.05, 0) is 74.3 Å². The Balaban J connectivity index is 1.53. The summed E-state index contributed by atoms with van der Waals surface area (Å²) in [6.45, 7) is 2.63. The molecule has 0 aliphatic heterocycles. The van der Waals surface area contributed by atoms with E-state index in [9.17, 15) is 13.2 Å². The summed E-state index contributed by atoms with van der Waals surface area (Å²) in [4.78, 5) is 0. The fourth-order valence-corrected chi connectivity index (χ4v) is 3.51. The Morgan fingerprint density at radius 3 is 2.35 bits per heavy atom. The van der Waals surface area contributed by atoms with E-state index in [4.69, 9.17) is 9.47 Å². The third-order valence-electron chi connectivity index (χ3n) is 4.96. The van der Waals surface area contributed by atoms with Crippen LogP contribution in [0.2, 0.25) is 0 Å². The van der Waals surface area contributed by atoms with Crippen LogP contribution in [0.3, 0.4) is 0 Å². The van der Waals surface area contributed by atoms with Crippen molar-refractivity contribution in [1.29, 1.82) is 0 Å². The molecule has 0 radical (unpaired) electrons. The molecule has 0 saturated heterocycles. The van der Waals surface area contributed by atoms with Crippen LogP contribution in [0.5, 0.6) is 11.5 Å². The second-order valence-corrected chi connectivity index (χ2v) is 6.70. The Morgan fingerprint density at radius 1 is 0.885 bits per heavy atom. The molecule has 0 unspecified atom stereocenters. The van der Waals surface area contributed by atoms with E-state index in [0.29, 0.717) is 25.0 Å². The number of benzene rings is 2. The summed E-state index contributed by atoms with van der Waals surface area (Å²) in [6, 6.07) is 9.13. The van der Waals surface area contributed by atoms with Gasteiger partial charge >= 0.3 is 0 Å². The van der Waals surface area contributed by atoms with Gasteiger partial charge in [-0.15, -0.1) is 0 Å². The standard InChI is InChI=1S/C21H23F3O2/c1-2-25-19-11-10-16(12-18(19)23)15-8-6-14(7-9-15)13-26-20-5-3-4-17(22)21(20)24/h3-5,10-12,14-15H,2,6-9,13H2,1H3. The van der Waals surface area contributed by atoms with Gasteiger partial charge in [0.1, 0.15) is 0 Å². The molecule has 0 N–H and O–H groups in total. The third-order valence-corrected chi connectivity index (χ3v) is 4.96. The maximum atomic E-state index is 14.0. The zero-order valence-electron chi connectivity index (χ0n) is 14.8. The Labute approximate surface area is 151 Å². The second-order valence-electron chi connectivity index (χ2n) is 6.70. The van der Waals surface area contributed by atoms with Gasteiger partial charge in [-0.2, -0.15) is 4.39 Å². The van der Waals surface area contributed by atoms with E-state index in [0.717, 1.165) is 37.3 Å². The minimum absolute atomic E-state index is 0.0410. The van der Waals surface area contributed by atoms with Crippen molar-refractivity contribution in [2.75, 3.05) is 13.2 Å². The highest BCUT2D eigenvalue weighted by Crippen LogP contribution is 2.37. The van der Waals surface area contributed by atoms with Gasteiger partial charge in [0, 0.05) is 0 Å². The lowest BCUT2D eigenvalue weighted by atomic mass is 9.79. The lowest BCUT2D eigenvalue weighted by Crippen LogP contribution is -2.19. The molecule has 0 aromatic heterocycles. The molecule has 3 rings (SSSR count). The monoisotopic (exact) mass is 364 g/mol. The van der Waals surface area contributed by atoms with E-state index in [-0.39, 0.29) is 17.3 Å². The molecular formula is C21H23F3O2. The topological polar surface area (TPSA) is 18.5 Å². The summed E-state index contributed by atoms with van der Waals surface area (Å²) in [5.41, 5.74) is 0.987. The average Bonchev–Trinajstić information content (AvgIpc) is 2.65. The zero-order valence-corrected chi connectivity index (χ0v) is 14.8. The van der Waals surface area contributed by atoms with Gasteiger partial charge in [0.25, 0.3) is 0 Å². The van der Waals surface area contributed by atoms with E-state index in [1.165, 1.54) is 12.1 Å². The van der Waals surface area contributed by atoms with Crippen molar-refractivity contribution in [2.45, 2.75) is 38.5 Å². The Bertz CT molecular complexity index is 740. The van der Waals surface area contributed by atoms with Gasteiger partial charge in [-0.3, -0.25) is 0 Å². The summed E-state index contributed by atoms with van der Waals surface area (Å²) in [6.07, 6.45) is 3.67. The van der Waals surface area contributed by atoms with Crippen LogP contribution in [0.15, 0.2) is 36.4 Å². The number of ether oxygens (including phenoxy) is 2. The molecular weight excluding hydrogens is 341 g/mol. The SMILES string of the molecule is CCOc1ccc(C2CCC(COc3cccc(F)c3F)CC2)cc1F. The summed E-state index contributed by atoms with van der Waals surface area (Å²) in [7, 11) is 0. The minimum atomic E-state index is -0.939. The highest BCUT2D eigenvalue weighted by atomic mass is 19.2. The molecule has 2 aromatic rings. The van der Waals surface area contributed by atoms with Crippen molar-refractivity contribution < 1.29 is 22.6 Å². The molecule has 1 aliphatic carbocycles. The van der Waals surface area contributed by atoms with E-state index in [1.54, 1.807) is 12.1 Å². The molecule has 1 fully saturated rings. The first kappa shape index (κ1) is 18.6. The molecule has 140 valence electrons. The fourth-order valence-electron chi connectivity index (χ4n) is 3.51. The second kappa shape index (κ2) is 8.47. The van der Waals surface area contributed by atoms with E-state index in [2.05, 4.69) is 0 Å². The van der Waals surface area contributed by atoms with Crippen LogP contribution in [-0.4, -0.2) is 13.2 Å². The lowest BCUT2D eigenvalue weighted by molar-refractivity contribution is 0.192. The highest BCUT2D eigenvalue weighted by Gasteiger charge is 2.24. The maximum Gasteiger partial charge on any atom is 0.200 e. The Kier molecular flexibility index (Phi) is 6.07. The van der Waals surface area contributed by atoms with Gasteiger partial charge in [0.2, 0.25) is 5.82 Å². The van der Waals surface area contributed by atoms with Crippen molar-refractivity contribution in [3.63, 3.8) is 0 Å². The molecule has 0 spiro atoms. The predicted molar refractivity (Wildman–Crippen MR) is 94.1 cm³/mol. The third kappa shape index (κ3) is 4.32. The quantitative estimate of drug-likeness (QED) is 0.640.